The number of hydrogen-bond donors (Lipinski definition) is 1. The SMILES string of the molecule is COc1c2cc(C(C)(C)C)cc1Cc1cc(C(C)(C)C)cc(c1OC)C(C(=O)O)c1cc(C(C)(C)C)cc(c1OC)Cc1cc(C(C)(C)C)cc(c1OC)C2. The number of fused-ring (bicyclic) bond motifs is 8. The fraction of sp³-hybridized carbons (Fsp3) is 0.490. The van der Waals surface area contributed by atoms with Crippen LogP contribution in [0, 0.1) is 0 Å². The second-order valence-corrected chi connectivity index (χ2v) is 19.5. The van der Waals surface area contributed by atoms with Crippen molar-refractivity contribution in [1.29, 1.82) is 0 Å². The van der Waals surface area contributed by atoms with Crippen LogP contribution in [0.25, 0.3) is 0 Å². The third kappa shape index (κ3) is 8.39. The summed E-state index contributed by atoms with van der Waals surface area (Å²) in [6, 6.07) is 17.5. The summed E-state index contributed by atoms with van der Waals surface area (Å²) < 4.78 is 25.3. The van der Waals surface area contributed by atoms with Gasteiger partial charge >= 0.3 is 5.97 Å². The van der Waals surface area contributed by atoms with Gasteiger partial charge in [0.15, 0.2) is 0 Å². The molecule has 0 unspecified atom stereocenters. The average Bonchev–Trinajstić information content (AvgIpc) is 3.05. The van der Waals surface area contributed by atoms with E-state index in [0.29, 0.717) is 41.9 Å². The molecular weight excluding hydrogens is 685 g/mol. The van der Waals surface area contributed by atoms with Crippen LogP contribution in [0.15, 0.2) is 48.5 Å². The molecule has 296 valence electrons. The normalized spacial score (nSPS) is 14.0. The molecule has 4 aromatic rings. The van der Waals surface area contributed by atoms with Gasteiger partial charge in [-0.1, -0.05) is 132 Å². The molecule has 0 atom stereocenters. The molecular formula is C49H64O6. The van der Waals surface area contributed by atoms with Gasteiger partial charge in [-0.25, -0.2) is 0 Å². The van der Waals surface area contributed by atoms with Crippen molar-refractivity contribution in [3.05, 3.63) is 115 Å². The van der Waals surface area contributed by atoms with Crippen molar-refractivity contribution in [3.63, 3.8) is 0 Å². The van der Waals surface area contributed by atoms with Crippen LogP contribution < -0.4 is 18.9 Å². The van der Waals surface area contributed by atoms with Crippen molar-refractivity contribution < 1.29 is 28.8 Å². The van der Waals surface area contributed by atoms with Crippen LogP contribution in [0.5, 0.6) is 23.0 Å². The minimum absolute atomic E-state index is 0.153. The molecule has 0 aliphatic heterocycles. The second kappa shape index (κ2) is 14.9. The Bertz CT molecular complexity index is 1950. The van der Waals surface area contributed by atoms with E-state index in [-0.39, 0.29) is 21.7 Å². The summed E-state index contributed by atoms with van der Waals surface area (Å²) in [6.45, 7) is 26.4. The quantitative estimate of drug-likeness (QED) is 0.219. The van der Waals surface area contributed by atoms with Crippen LogP contribution in [-0.4, -0.2) is 39.5 Å². The molecule has 0 fully saturated rings. The molecule has 6 heteroatoms. The summed E-state index contributed by atoms with van der Waals surface area (Å²) in [5.74, 6) is 0.678. The zero-order valence-electron chi connectivity index (χ0n) is 36.3. The highest BCUT2D eigenvalue weighted by Gasteiger charge is 2.35. The van der Waals surface area contributed by atoms with E-state index in [1.165, 1.54) is 11.1 Å². The summed E-state index contributed by atoms with van der Waals surface area (Å²) in [5.41, 5.74) is 10.7. The molecule has 0 saturated heterocycles. The summed E-state index contributed by atoms with van der Waals surface area (Å²) in [7, 11) is 6.77. The van der Waals surface area contributed by atoms with E-state index in [1.54, 1.807) is 28.4 Å². The first-order chi connectivity index (χ1) is 25.4. The van der Waals surface area contributed by atoms with E-state index in [1.807, 2.05) is 12.1 Å². The van der Waals surface area contributed by atoms with E-state index < -0.39 is 11.9 Å². The minimum atomic E-state index is -1.09. The first kappa shape index (κ1) is 41.7. The molecule has 1 N–H and O–H groups in total. The number of hydrogen-bond acceptors (Lipinski definition) is 5. The molecule has 5 rings (SSSR count). The molecule has 0 amide bonds. The predicted molar refractivity (Wildman–Crippen MR) is 225 cm³/mol. The Kier molecular flexibility index (Phi) is 11.3. The zero-order chi connectivity index (χ0) is 41.0. The minimum Gasteiger partial charge on any atom is -0.496 e. The summed E-state index contributed by atoms with van der Waals surface area (Å²) in [6.07, 6.45) is 1.54. The van der Waals surface area contributed by atoms with Gasteiger partial charge in [-0.05, 0) is 77.3 Å². The highest BCUT2D eigenvalue weighted by atomic mass is 16.5. The van der Waals surface area contributed by atoms with Crippen LogP contribution >= 0.6 is 0 Å². The molecule has 1 aliphatic rings. The Balaban J connectivity index is 2.05. The van der Waals surface area contributed by atoms with Gasteiger partial charge in [-0.15, -0.1) is 0 Å². The Morgan fingerprint density at radius 1 is 0.436 bits per heavy atom. The lowest BCUT2D eigenvalue weighted by Gasteiger charge is -2.30. The molecule has 0 radical (unpaired) electrons. The monoisotopic (exact) mass is 748 g/mol. The summed E-state index contributed by atoms with van der Waals surface area (Å²) >= 11 is 0. The third-order valence-electron chi connectivity index (χ3n) is 11.2. The number of benzene rings is 4. The molecule has 4 aromatic carbocycles. The highest BCUT2D eigenvalue weighted by Crippen LogP contribution is 2.47. The molecule has 6 nitrogen and oxygen atoms in total. The first-order valence-electron chi connectivity index (χ1n) is 19.5. The molecule has 0 spiro atoms. The number of ether oxygens (including phenoxy) is 4. The number of carboxylic acid groups (broad SMARTS) is 1. The van der Waals surface area contributed by atoms with Crippen LogP contribution in [-0.2, 0) is 45.7 Å². The molecule has 0 aromatic heterocycles. The third-order valence-corrected chi connectivity index (χ3v) is 11.2. The number of aliphatic carboxylic acids is 1. The predicted octanol–water partition coefficient (Wildman–Crippen LogP) is 11.2. The largest absolute Gasteiger partial charge is 0.496 e. The van der Waals surface area contributed by atoms with Crippen molar-refractivity contribution in [2.24, 2.45) is 0 Å². The van der Waals surface area contributed by atoms with E-state index in [2.05, 4.69) is 119 Å². The Hall–Kier alpha value is -4.45. The Labute approximate surface area is 330 Å². The van der Waals surface area contributed by atoms with Crippen molar-refractivity contribution in [2.75, 3.05) is 28.4 Å². The van der Waals surface area contributed by atoms with Crippen LogP contribution in [0.1, 0.15) is 156 Å². The van der Waals surface area contributed by atoms with Gasteiger partial charge in [0.25, 0.3) is 0 Å². The Morgan fingerprint density at radius 2 is 0.655 bits per heavy atom. The smallest absolute Gasteiger partial charge is 0.315 e. The van der Waals surface area contributed by atoms with Gasteiger partial charge in [0.05, 0.1) is 28.4 Å². The second-order valence-electron chi connectivity index (χ2n) is 19.5. The molecule has 0 heterocycles. The van der Waals surface area contributed by atoms with E-state index in [9.17, 15) is 9.90 Å². The molecule has 0 saturated carbocycles. The molecule has 8 bridgehead atoms. The Morgan fingerprint density at radius 3 is 0.855 bits per heavy atom. The number of carbonyl (C=O) groups is 1. The van der Waals surface area contributed by atoms with Gasteiger partial charge in [0.2, 0.25) is 0 Å². The standard InChI is InChI=1S/C49H64O6/c1-46(2,3)34-20-28-17-29-21-35(47(4,5)6)23-31(42(29)53-14)19-33-25-37(49(10,11)12)27-39(44(33)55-16)40(45(50)51)38-26-36(48(7,8)9)24-32(43(38)54-15)18-30(22-34)41(28)52-13/h20-27,40H,17-19H2,1-16H3,(H,50,51). The van der Waals surface area contributed by atoms with Gasteiger partial charge in [-0.2, -0.15) is 0 Å². The van der Waals surface area contributed by atoms with Crippen molar-refractivity contribution in [3.8, 4) is 23.0 Å². The maximum Gasteiger partial charge on any atom is 0.315 e. The maximum atomic E-state index is 13.9. The van der Waals surface area contributed by atoms with Crippen LogP contribution in [0.4, 0.5) is 0 Å². The molecule has 55 heavy (non-hydrogen) atoms. The van der Waals surface area contributed by atoms with Gasteiger partial charge in [0.1, 0.15) is 28.9 Å². The van der Waals surface area contributed by atoms with Crippen LogP contribution in [0.2, 0.25) is 0 Å². The zero-order valence-corrected chi connectivity index (χ0v) is 36.3. The van der Waals surface area contributed by atoms with Crippen molar-refractivity contribution in [1.82, 2.24) is 0 Å². The van der Waals surface area contributed by atoms with Gasteiger partial charge < -0.3 is 24.1 Å². The summed E-state index contributed by atoms with van der Waals surface area (Å²) in [4.78, 5) is 13.9. The lowest BCUT2D eigenvalue weighted by molar-refractivity contribution is -0.137. The fourth-order valence-corrected chi connectivity index (χ4v) is 7.96. The van der Waals surface area contributed by atoms with E-state index in [0.717, 1.165) is 56.0 Å². The topological polar surface area (TPSA) is 74.2 Å². The highest BCUT2D eigenvalue weighted by molar-refractivity contribution is 5.84. The average molecular weight is 749 g/mol. The van der Waals surface area contributed by atoms with Crippen molar-refractivity contribution in [2.45, 2.75) is 130 Å². The van der Waals surface area contributed by atoms with Crippen molar-refractivity contribution >= 4 is 5.97 Å². The summed E-state index contributed by atoms with van der Waals surface area (Å²) in [5, 5.41) is 11.4. The number of rotatable bonds is 5. The molecule has 1 aliphatic carbocycles. The number of carboxylic acids is 1. The van der Waals surface area contributed by atoms with E-state index >= 15 is 0 Å². The van der Waals surface area contributed by atoms with Gasteiger partial charge in [0, 0.05) is 30.4 Å². The van der Waals surface area contributed by atoms with E-state index in [4.69, 9.17) is 18.9 Å². The fourth-order valence-electron chi connectivity index (χ4n) is 7.96. The lowest BCUT2D eigenvalue weighted by atomic mass is 9.77. The number of methoxy groups -OCH3 is 4. The van der Waals surface area contributed by atoms with Crippen LogP contribution in [0.3, 0.4) is 0 Å². The maximum absolute atomic E-state index is 13.9. The first-order valence-corrected chi connectivity index (χ1v) is 19.5. The van der Waals surface area contributed by atoms with Gasteiger partial charge in [-0.3, -0.25) is 4.79 Å². The lowest BCUT2D eigenvalue weighted by Crippen LogP contribution is -2.21.